The zero-order chi connectivity index (χ0) is 12.7. The number of halogens is 10. The first kappa shape index (κ1) is 16.4. The molecule has 0 radical (unpaired) electrons. The number of rotatable bonds is 3. The molecule has 0 aromatic carbocycles. The highest BCUT2D eigenvalue weighted by molar-refractivity contribution is 6.68. The Kier molecular flexibility index (Phi) is 5.03. The molecule has 0 saturated carbocycles. The van der Waals surface area contributed by atoms with Gasteiger partial charge in [0.1, 0.15) is 0 Å². The smallest absolute Gasteiger partial charge is 0.261 e. The first-order valence-corrected chi connectivity index (χ1v) is 5.07. The average molecular weight is 353 g/mol. The Morgan fingerprint density at radius 2 is 1.07 bits per heavy atom. The lowest BCUT2D eigenvalue weighted by molar-refractivity contribution is -0.311. The summed E-state index contributed by atoms with van der Waals surface area (Å²) in [7, 11) is 0. The second kappa shape index (κ2) is 4.59. The average Bonchev–Trinajstić information content (AvgIpc) is 1.77. The first-order valence-electron chi connectivity index (χ1n) is 2.80. The monoisotopic (exact) mass is 350 g/mol. The van der Waals surface area contributed by atoms with Gasteiger partial charge in [-0.3, -0.25) is 4.74 Å². The normalized spacial score (nSPS) is 18.8. The second-order valence-electron chi connectivity index (χ2n) is 2.13. The molecule has 15 heavy (non-hydrogen) atoms. The molecule has 1 unspecified atom stereocenters. The van der Waals surface area contributed by atoms with E-state index in [1.165, 1.54) is 0 Å². The molecule has 0 N–H and O–H groups in total. The molecule has 0 rings (SSSR count). The Morgan fingerprint density at radius 3 is 1.27 bits per heavy atom. The van der Waals surface area contributed by atoms with Crippen LogP contribution in [0.4, 0.5) is 17.6 Å². The number of alkyl halides is 10. The highest BCUT2D eigenvalue weighted by atomic mass is 35.6. The molecule has 0 heterocycles. The third-order valence-corrected chi connectivity index (χ3v) is 2.59. The second-order valence-corrected chi connectivity index (χ2v) is 6.13. The molecule has 0 amide bonds. The van der Waals surface area contributed by atoms with Crippen LogP contribution in [0.3, 0.4) is 0 Å². The first-order chi connectivity index (χ1) is 6.21. The Hall–Kier alpha value is 1.42. The molecule has 0 spiro atoms. The van der Waals surface area contributed by atoms with Crippen LogP contribution in [0.5, 0.6) is 0 Å². The summed E-state index contributed by atoms with van der Waals surface area (Å²) < 4.78 is 46.6. The third-order valence-electron chi connectivity index (χ3n) is 0.916. The van der Waals surface area contributed by atoms with Crippen LogP contribution in [0.15, 0.2) is 0 Å². The summed E-state index contributed by atoms with van der Waals surface area (Å²) >= 11 is 27.6. The van der Waals surface area contributed by atoms with E-state index < -0.39 is 19.8 Å². The summed E-state index contributed by atoms with van der Waals surface area (Å²) in [6.45, 7) is 0. The minimum Gasteiger partial charge on any atom is -0.261 e. The Morgan fingerprint density at radius 1 is 0.733 bits per heavy atom. The van der Waals surface area contributed by atoms with Crippen LogP contribution in [-0.4, -0.2) is 19.8 Å². The fraction of sp³-hybridized carbons (Fsp3) is 1.00. The Bertz CT molecular complexity index is 208. The fourth-order valence-electron chi connectivity index (χ4n) is 0.277. The molecule has 1 atom stereocenters. The van der Waals surface area contributed by atoms with Crippen LogP contribution >= 0.6 is 69.6 Å². The van der Waals surface area contributed by atoms with Crippen molar-refractivity contribution < 1.29 is 22.3 Å². The van der Waals surface area contributed by atoms with E-state index >= 15 is 0 Å². The summed E-state index contributed by atoms with van der Waals surface area (Å²) in [5, 5.41) is -4.29. The summed E-state index contributed by atoms with van der Waals surface area (Å²) in [5.41, 5.74) is 0. The van der Waals surface area contributed by atoms with Gasteiger partial charge in [-0.25, -0.2) is 0 Å². The van der Waals surface area contributed by atoms with Crippen LogP contribution in [0.25, 0.3) is 0 Å². The van der Waals surface area contributed by atoms with E-state index in [0.717, 1.165) is 0 Å². The van der Waals surface area contributed by atoms with Crippen LogP contribution in [-0.2, 0) is 4.74 Å². The maximum Gasteiger partial charge on any atom is 0.406 e. The molecule has 0 bridgehead atoms. The summed E-state index contributed by atoms with van der Waals surface area (Å²) in [4.78, 5) is 0. The van der Waals surface area contributed by atoms with Gasteiger partial charge in [-0.2, -0.15) is 17.6 Å². The fourth-order valence-corrected chi connectivity index (χ4v) is 0.566. The maximum absolute atomic E-state index is 12.9. The quantitative estimate of drug-likeness (QED) is 0.517. The molecule has 0 aromatic rings. The van der Waals surface area contributed by atoms with Crippen molar-refractivity contribution in [2.24, 2.45) is 0 Å². The van der Waals surface area contributed by atoms with Gasteiger partial charge in [0, 0.05) is 0 Å². The van der Waals surface area contributed by atoms with Gasteiger partial charge in [0.2, 0.25) is 0 Å². The van der Waals surface area contributed by atoms with Crippen molar-refractivity contribution in [1.29, 1.82) is 0 Å². The molecule has 0 aliphatic carbocycles. The van der Waals surface area contributed by atoms with Gasteiger partial charge < -0.3 is 0 Å². The van der Waals surface area contributed by atoms with E-state index in [-0.39, 0.29) is 0 Å². The van der Waals surface area contributed by atoms with Gasteiger partial charge >= 0.3 is 16.0 Å². The molecule has 0 aliphatic rings. The molecule has 92 valence electrons. The molecular formula is C4Cl6F4O. The van der Waals surface area contributed by atoms with Crippen molar-refractivity contribution in [1.82, 2.24) is 0 Å². The summed E-state index contributed by atoms with van der Waals surface area (Å²) in [6.07, 6.45) is -4.74. The number of hydrogen-bond donors (Lipinski definition) is 0. The molecular weight excluding hydrogens is 353 g/mol. The van der Waals surface area contributed by atoms with Gasteiger partial charge in [-0.15, -0.1) is 0 Å². The zero-order valence-corrected chi connectivity index (χ0v) is 10.7. The van der Waals surface area contributed by atoms with Gasteiger partial charge in [-0.05, 0) is 11.6 Å². The molecule has 0 aliphatic heterocycles. The minimum atomic E-state index is -4.74. The predicted molar refractivity (Wildman–Crippen MR) is 51.6 cm³/mol. The minimum absolute atomic E-state index is 3.08. The van der Waals surface area contributed by atoms with Crippen molar-refractivity contribution in [3.63, 3.8) is 0 Å². The SMILES string of the molecule is FC(Cl)(Cl)C(F)(Cl)OC(F)(F)C(Cl)(Cl)Cl. The highest BCUT2D eigenvalue weighted by Crippen LogP contribution is 2.51. The number of hydrogen-bond acceptors (Lipinski definition) is 1. The van der Waals surface area contributed by atoms with Gasteiger partial charge in [0.15, 0.2) is 0 Å². The van der Waals surface area contributed by atoms with Crippen molar-refractivity contribution in [3.8, 4) is 0 Å². The van der Waals surface area contributed by atoms with Gasteiger partial charge in [-0.1, -0.05) is 58.0 Å². The van der Waals surface area contributed by atoms with Crippen molar-refractivity contribution in [2.75, 3.05) is 0 Å². The van der Waals surface area contributed by atoms with Crippen molar-refractivity contribution >= 4 is 69.6 Å². The van der Waals surface area contributed by atoms with E-state index in [9.17, 15) is 17.6 Å². The Labute approximate surface area is 111 Å². The standard InChI is InChI=1S/C4Cl6F4O/c5-1(6,7)4(13,14)15-3(10,12)2(8,9)11. The molecule has 1 nitrogen and oxygen atoms in total. The number of ether oxygens (including phenoxy) is 1. The van der Waals surface area contributed by atoms with E-state index in [1.807, 2.05) is 0 Å². The van der Waals surface area contributed by atoms with Crippen molar-refractivity contribution in [3.05, 3.63) is 0 Å². The van der Waals surface area contributed by atoms with Crippen LogP contribution < -0.4 is 0 Å². The highest BCUT2D eigenvalue weighted by Gasteiger charge is 2.63. The maximum atomic E-state index is 12.9. The summed E-state index contributed by atoms with van der Waals surface area (Å²) in [6, 6.07) is 0. The van der Waals surface area contributed by atoms with Gasteiger partial charge in [0.05, 0.1) is 0 Å². The van der Waals surface area contributed by atoms with Gasteiger partial charge in [0.25, 0.3) is 3.79 Å². The third kappa shape index (κ3) is 4.30. The van der Waals surface area contributed by atoms with Crippen molar-refractivity contribution in [2.45, 2.75) is 19.8 Å². The molecule has 11 heteroatoms. The van der Waals surface area contributed by atoms with Crippen LogP contribution in [0, 0.1) is 0 Å². The largest absolute Gasteiger partial charge is 0.406 e. The lowest BCUT2D eigenvalue weighted by atomic mass is 10.6. The zero-order valence-electron chi connectivity index (χ0n) is 6.19. The summed E-state index contributed by atoms with van der Waals surface area (Å²) in [5.74, 6) is 0. The topological polar surface area (TPSA) is 9.23 Å². The predicted octanol–water partition coefficient (Wildman–Crippen LogP) is 4.93. The van der Waals surface area contributed by atoms with Crippen LogP contribution in [0.2, 0.25) is 0 Å². The van der Waals surface area contributed by atoms with E-state index in [2.05, 4.69) is 39.5 Å². The molecule has 0 saturated heterocycles. The lowest BCUT2D eigenvalue weighted by Crippen LogP contribution is -2.47. The molecule has 0 fully saturated rings. The lowest BCUT2D eigenvalue weighted by Gasteiger charge is -2.31. The Balaban J connectivity index is 4.89. The van der Waals surface area contributed by atoms with E-state index in [0.29, 0.717) is 0 Å². The van der Waals surface area contributed by atoms with Crippen LogP contribution in [0.1, 0.15) is 0 Å². The van der Waals surface area contributed by atoms with E-state index in [1.54, 1.807) is 0 Å². The molecule has 0 aromatic heterocycles. The van der Waals surface area contributed by atoms with E-state index in [4.69, 9.17) is 34.8 Å².